The molecule has 3 rings (SSSR count). The molecule has 4 heteroatoms. The number of amides is 1. The highest BCUT2D eigenvalue weighted by Gasteiger charge is 2.17. The van der Waals surface area contributed by atoms with E-state index in [-0.39, 0.29) is 11.9 Å². The minimum Gasteiger partial charge on any atom is -0.459 e. The van der Waals surface area contributed by atoms with Crippen LogP contribution in [0.2, 0.25) is 0 Å². The van der Waals surface area contributed by atoms with Gasteiger partial charge in [-0.3, -0.25) is 4.79 Å². The first-order chi connectivity index (χ1) is 11.7. The van der Waals surface area contributed by atoms with Crippen molar-refractivity contribution < 1.29 is 9.21 Å². The lowest BCUT2D eigenvalue weighted by molar-refractivity contribution is 0.0935. The highest BCUT2D eigenvalue weighted by atomic mass is 16.3. The van der Waals surface area contributed by atoms with Crippen molar-refractivity contribution in [1.82, 2.24) is 10.6 Å². The molecule has 1 amide bonds. The Balaban J connectivity index is 1.76. The molecule has 24 heavy (non-hydrogen) atoms. The summed E-state index contributed by atoms with van der Waals surface area (Å²) in [6.45, 7) is 2.77. The number of hydrogen-bond donors (Lipinski definition) is 2. The number of likely N-dealkylation sites (N-methyl/N-ethyl adjacent to an activating group) is 1. The minimum atomic E-state index is -0.192. The van der Waals surface area contributed by atoms with Crippen molar-refractivity contribution in [3.05, 3.63) is 71.5 Å². The van der Waals surface area contributed by atoms with Crippen molar-refractivity contribution in [2.24, 2.45) is 0 Å². The van der Waals surface area contributed by atoms with Crippen LogP contribution >= 0.6 is 0 Å². The van der Waals surface area contributed by atoms with Crippen LogP contribution in [0.3, 0.4) is 0 Å². The highest BCUT2D eigenvalue weighted by Crippen LogP contribution is 2.24. The van der Waals surface area contributed by atoms with Gasteiger partial charge in [0.1, 0.15) is 11.3 Å². The summed E-state index contributed by atoms with van der Waals surface area (Å²) in [5, 5.41) is 7.20. The van der Waals surface area contributed by atoms with Gasteiger partial charge >= 0.3 is 0 Å². The molecule has 0 fully saturated rings. The van der Waals surface area contributed by atoms with Gasteiger partial charge in [0, 0.05) is 10.9 Å². The molecule has 2 aromatic carbocycles. The van der Waals surface area contributed by atoms with Crippen molar-refractivity contribution >= 4 is 16.9 Å². The third kappa shape index (κ3) is 3.49. The van der Waals surface area contributed by atoms with Crippen molar-refractivity contribution in [3.63, 3.8) is 0 Å². The molecule has 0 aliphatic carbocycles. The quantitative estimate of drug-likeness (QED) is 0.728. The zero-order chi connectivity index (χ0) is 16.9. The fourth-order valence-electron chi connectivity index (χ4n) is 2.78. The van der Waals surface area contributed by atoms with E-state index >= 15 is 0 Å². The van der Waals surface area contributed by atoms with E-state index in [4.69, 9.17) is 4.42 Å². The van der Waals surface area contributed by atoms with Crippen molar-refractivity contribution in [2.75, 3.05) is 13.6 Å². The predicted octanol–water partition coefficient (Wildman–Crippen LogP) is 3.69. The van der Waals surface area contributed by atoms with Crippen LogP contribution in [0.5, 0.6) is 0 Å². The summed E-state index contributed by atoms with van der Waals surface area (Å²) in [6, 6.07) is 17.4. The van der Waals surface area contributed by atoms with Gasteiger partial charge in [-0.05, 0) is 50.7 Å². The van der Waals surface area contributed by atoms with Crippen LogP contribution in [0.1, 0.15) is 34.6 Å². The zero-order valence-electron chi connectivity index (χ0n) is 14.0. The molecule has 4 nitrogen and oxygen atoms in total. The normalized spacial score (nSPS) is 12.2. The van der Waals surface area contributed by atoms with E-state index in [1.165, 1.54) is 0 Å². The first kappa shape index (κ1) is 16.3. The van der Waals surface area contributed by atoms with Crippen LogP contribution in [-0.4, -0.2) is 19.5 Å². The lowest BCUT2D eigenvalue weighted by Gasteiger charge is -2.14. The average Bonchev–Trinajstić information content (AvgIpc) is 3.04. The van der Waals surface area contributed by atoms with Gasteiger partial charge in [-0.15, -0.1) is 0 Å². The number of carbonyl (C=O) groups is 1. The lowest BCUT2D eigenvalue weighted by atomic mass is 10.0. The maximum atomic E-state index is 12.7. The maximum absolute atomic E-state index is 12.7. The van der Waals surface area contributed by atoms with E-state index in [1.807, 2.05) is 68.6 Å². The Labute approximate surface area is 141 Å². The fourth-order valence-corrected chi connectivity index (χ4v) is 2.78. The van der Waals surface area contributed by atoms with Crippen LogP contribution in [0.15, 0.2) is 59.0 Å². The van der Waals surface area contributed by atoms with Gasteiger partial charge < -0.3 is 15.1 Å². The van der Waals surface area contributed by atoms with Gasteiger partial charge in [-0.1, -0.05) is 36.4 Å². The second-order valence-corrected chi connectivity index (χ2v) is 5.89. The Morgan fingerprint density at radius 2 is 1.88 bits per heavy atom. The van der Waals surface area contributed by atoms with Crippen LogP contribution in [0.25, 0.3) is 11.0 Å². The molecule has 1 aromatic heterocycles. The molecule has 0 saturated heterocycles. The zero-order valence-corrected chi connectivity index (χ0v) is 14.0. The van der Waals surface area contributed by atoms with E-state index < -0.39 is 0 Å². The van der Waals surface area contributed by atoms with Crippen molar-refractivity contribution in [3.8, 4) is 0 Å². The van der Waals surface area contributed by atoms with E-state index in [0.717, 1.165) is 40.8 Å². The Morgan fingerprint density at radius 1 is 1.12 bits per heavy atom. The Bertz CT molecular complexity index is 805. The van der Waals surface area contributed by atoms with Crippen LogP contribution in [0, 0.1) is 0 Å². The Hall–Kier alpha value is -2.59. The molecule has 0 bridgehead atoms. The summed E-state index contributed by atoms with van der Waals surface area (Å²) in [5.41, 5.74) is 2.60. The van der Waals surface area contributed by atoms with E-state index in [2.05, 4.69) is 10.6 Å². The standard InChI is InChI=1S/C20H22N2O2/c1-14(19-13-16-8-4-6-10-18(16)24-19)22-20(23)17-9-5-3-7-15(17)11-12-21-2/h3-10,13-14,21H,11-12H2,1-2H3,(H,22,23). The SMILES string of the molecule is CNCCc1ccccc1C(=O)NC(C)c1cc2ccccc2o1. The van der Waals surface area contributed by atoms with Crippen LogP contribution < -0.4 is 10.6 Å². The first-order valence-corrected chi connectivity index (χ1v) is 8.21. The van der Waals surface area contributed by atoms with E-state index in [1.54, 1.807) is 0 Å². The number of fused-ring (bicyclic) bond motifs is 1. The second kappa shape index (κ2) is 7.32. The molecule has 124 valence electrons. The third-order valence-electron chi connectivity index (χ3n) is 4.13. The maximum Gasteiger partial charge on any atom is 0.252 e. The molecule has 0 aliphatic rings. The van der Waals surface area contributed by atoms with E-state index in [9.17, 15) is 4.79 Å². The Kier molecular flexibility index (Phi) is 4.96. The molecular weight excluding hydrogens is 300 g/mol. The van der Waals surface area contributed by atoms with Crippen molar-refractivity contribution in [1.29, 1.82) is 0 Å². The summed E-state index contributed by atoms with van der Waals surface area (Å²) < 4.78 is 5.84. The second-order valence-electron chi connectivity index (χ2n) is 5.89. The van der Waals surface area contributed by atoms with Gasteiger partial charge in [0.05, 0.1) is 6.04 Å². The van der Waals surface area contributed by atoms with E-state index in [0.29, 0.717) is 0 Å². The number of hydrogen-bond acceptors (Lipinski definition) is 3. The summed E-state index contributed by atoms with van der Waals surface area (Å²) in [7, 11) is 1.91. The lowest BCUT2D eigenvalue weighted by Crippen LogP contribution is -2.27. The molecular formula is C20H22N2O2. The average molecular weight is 322 g/mol. The number of nitrogens with one attached hydrogen (secondary N) is 2. The van der Waals surface area contributed by atoms with Gasteiger partial charge in [-0.25, -0.2) is 0 Å². The van der Waals surface area contributed by atoms with Gasteiger partial charge in [0.15, 0.2) is 0 Å². The van der Waals surface area contributed by atoms with Gasteiger partial charge in [0.2, 0.25) is 0 Å². The monoisotopic (exact) mass is 322 g/mol. The molecule has 2 N–H and O–H groups in total. The smallest absolute Gasteiger partial charge is 0.252 e. The summed E-state index contributed by atoms with van der Waals surface area (Å²) >= 11 is 0. The molecule has 0 radical (unpaired) electrons. The third-order valence-corrected chi connectivity index (χ3v) is 4.13. The molecule has 1 heterocycles. The number of para-hydroxylation sites is 1. The van der Waals surface area contributed by atoms with Crippen LogP contribution in [0.4, 0.5) is 0 Å². The van der Waals surface area contributed by atoms with Crippen LogP contribution in [-0.2, 0) is 6.42 Å². The number of rotatable bonds is 6. The molecule has 1 atom stereocenters. The highest BCUT2D eigenvalue weighted by molar-refractivity contribution is 5.96. The molecule has 0 saturated carbocycles. The minimum absolute atomic E-state index is 0.0744. The molecule has 0 aliphatic heterocycles. The van der Waals surface area contributed by atoms with Gasteiger partial charge in [0.25, 0.3) is 5.91 Å². The van der Waals surface area contributed by atoms with Gasteiger partial charge in [-0.2, -0.15) is 0 Å². The summed E-state index contributed by atoms with van der Waals surface area (Å²) in [5.74, 6) is 0.687. The molecule has 0 spiro atoms. The fraction of sp³-hybridized carbons (Fsp3) is 0.250. The summed E-state index contributed by atoms with van der Waals surface area (Å²) in [4.78, 5) is 12.7. The summed E-state index contributed by atoms with van der Waals surface area (Å²) in [6.07, 6.45) is 0.819. The first-order valence-electron chi connectivity index (χ1n) is 8.21. The predicted molar refractivity (Wildman–Crippen MR) is 96.2 cm³/mol. The van der Waals surface area contributed by atoms with Crippen molar-refractivity contribution in [2.45, 2.75) is 19.4 Å². The molecule has 3 aromatic rings. The molecule has 1 unspecified atom stereocenters. The topological polar surface area (TPSA) is 54.3 Å². The Morgan fingerprint density at radius 3 is 2.67 bits per heavy atom. The largest absolute Gasteiger partial charge is 0.459 e. The number of benzene rings is 2. The number of furan rings is 1. The number of carbonyl (C=O) groups excluding carboxylic acids is 1.